The van der Waals surface area contributed by atoms with Gasteiger partial charge in [-0.15, -0.1) is 0 Å². The topological polar surface area (TPSA) is 42.7 Å². The van der Waals surface area contributed by atoms with Gasteiger partial charge in [-0.25, -0.2) is 18.4 Å². The molecule has 2 rings (SSSR count). The van der Waals surface area contributed by atoms with Crippen LogP contribution in [0.25, 0.3) is 0 Å². The smallest absolute Gasteiger partial charge is 0.141 e. The summed E-state index contributed by atoms with van der Waals surface area (Å²) in [4.78, 5) is 4.03. The van der Waals surface area contributed by atoms with E-state index in [1.165, 1.54) is 17.1 Å². The van der Waals surface area contributed by atoms with Crippen LogP contribution in [0.3, 0.4) is 0 Å². The maximum Gasteiger partial charge on any atom is 0.141 e. The van der Waals surface area contributed by atoms with Crippen LogP contribution in [0.5, 0.6) is 0 Å². The van der Waals surface area contributed by atoms with Crippen molar-refractivity contribution in [2.24, 2.45) is 0 Å². The third-order valence-corrected chi connectivity index (χ3v) is 2.36. The average Bonchev–Trinajstić information content (AvgIpc) is 2.72. The average molecular weight is 238 g/mol. The first-order valence-electron chi connectivity index (χ1n) is 5.16. The Morgan fingerprint density at radius 3 is 2.94 bits per heavy atom. The van der Waals surface area contributed by atoms with Crippen molar-refractivity contribution in [1.82, 2.24) is 20.1 Å². The Hall–Kier alpha value is -1.82. The third kappa shape index (κ3) is 2.65. The molecule has 0 saturated carbocycles. The molecule has 0 atom stereocenters. The summed E-state index contributed by atoms with van der Waals surface area (Å²) in [6.45, 7) is 0.692. The van der Waals surface area contributed by atoms with Crippen LogP contribution in [0.15, 0.2) is 24.5 Å². The van der Waals surface area contributed by atoms with E-state index in [-0.39, 0.29) is 12.1 Å². The normalized spacial score (nSPS) is 10.8. The van der Waals surface area contributed by atoms with E-state index in [4.69, 9.17) is 0 Å². The van der Waals surface area contributed by atoms with Gasteiger partial charge < -0.3 is 5.32 Å². The number of rotatable bonds is 4. The van der Waals surface area contributed by atoms with Crippen LogP contribution >= 0.6 is 0 Å². The fourth-order valence-corrected chi connectivity index (χ4v) is 1.54. The van der Waals surface area contributed by atoms with Gasteiger partial charge in [-0.05, 0) is 25.2 Å². The molecule has 0 aliphatic heterocycles. The minimum Gasteiger partial charge on any atom is -0.313 e. The van der Waals surface area contributed by atoms with Crippen LogP contribution < -0.4 is 5.32 Å². The Morgan fingerprint density at radius 1 is 1.35 bits per heavy atom. The number of aromatic nitrogens is 3. The predicted octanol–water partition coefficient (Wildman–Crippen LogP) is 1.32. The van der Waals surface area contributed by atoms with Crippen LogP contribution in [0.2, 0.25) is 0 Å². The molecule has 17 heavy (non-hydrogen) atoms. The van der Waals surface area contributed by atoms with E-state index >= 15 is 0 Å². The molecule has 1 aromatic heterocycles. The Balaban J connectivity index is 2.25. The van der Waals surface area contributed by atoms with E-state index in [1.807, 2.05) is 0 Å². The van der Waals surface area contributed by atoms with Gasteiger partial charge in [0.25, 0.3) is 0 Å². The first kappa shape index (κ1) is 11.7. The molecule has 0 aliphatic rings. The summed E-state index contributed by atoms with van der Waals surface area (Å²) in [5.74, 6) is -0.231. The van der Waals surface area contributed by atoms with Gasteiger partial charge in [-0.3, -0.25) is 0 Å². The first-order valence-corrected chi connectivity index (χ1v) is 5.16. The standard InChI is InChI=1S/C11H12F2N4/c1-14-5-11-15-7-16-17(11)6-8-4-9(12)2-3-10(8)13/h2-4,7,14H,5-6H2,1H3. The van der Waals surface area contributed by atoms with Gasteiger partial charge >= 0.3 is 0 Å². The summed E-state index contributed by atoms with van der Waals surface area (Å²) < 4.78 is 28.0. The van der Waals surface area contributed by atoms with Crippen molar-refractivity contribution in [3.63, 3.8) is 0 Å². The highest BCUT2D eigenvalue weighted by Crippen LogP contribution is 2.11. The molecule has 0 bridgehead atoms. The lowest BCUT2D eigenvalue weighted by Crippen LogP contribution is -2.14. The highest BCUT2D eigenvalue weighted by molar-refractivity contribution is 5.19. The molecule has 1 N–H and O–H groups in total. The van der Waals surface area contributed by atoms with Gasteiger partial charge in [-0.2, -0.15) is 5.10 Å². The molecule has 90 valence electrons. The van der Waals surface area contributed by atoms with Crippen molar-refractivity contribution >= 4 is 0 Å². The monoisotopic (exact) mass is 238 g/mol. The van der Waals surface area contributed by atoms with Crippen LogP contribution in [0.1, 0.15) is 11.4 Å². The summed E-state index contributed by atoms with van der Waals surface area (Å²) in [5.41, 5.74) is 0.257. The summed E-state index contributed by atoms with van der Waals surface area (Å²) >= 11 is 0. The van der Waals surface area contributed by atoms with E-state index in [1.54, 1.807) is 7.05 Å². The molecule has 0 fully saturated rings. The molecule has 0 aliphatic carbocycles. The molecule has 6 heteroatoms. The van der Waals surface area contributed by atoms with Crippen LogP contribution in [-0.2, 0) is 13.1 Å². The summed E-state index contributed by atoms with van der Waals surface area (Å²) in [7, 11) is 1.78. The maximum atomic E-state index is 13.4. The first-order chi connectivity index (χ1) is 8.20. The summed E-state index contributed by atoms with van der Waals surface area (Å²) in [6, 6.07) is 3.37. The molecule has 0 spiro atoms. The van der Waals surface area contributed by atoms with Crippen LogP contribution in [-0.4, -0.2) is 21.8 Å². The molecule has 4 nitrogen and oxygen atoms in total. The zero-order valence-electron chi connectivity index (χ0n) is 9.32. The van der Waals surface area contributed by atoms with E-state index in [0.29, 0.717) is 12.4 Å². The maximum absolute atomic E-state index is 13.4. The molecule has 1 heterocycles. The minimum absolute atomic E-state index is 0.167. The number of nitrogens with zero attached hydrogens (tertiary/aromatic N) is 3. The number of nitrogens with one attached hydrogen (secondary N) is 1. The SMILES string of the molecule is CNCc1ncnn1Cc1cc(F)ccc1F. The van der Waals surface area contributed by atoms with Crippen molar-refractivity contribution in [2.75, 3.05) is 7.05 Å². The lowest BCUT2D eigenvalue weighted by Gasteiger charge is -2.06. The number of halogens is 2. The van der Waals surface area contributed by atoms with Crippen molar-refractivity contribution < 1.29 is 8.78 Å². The molecular formula is C11H12F2N4. The van der Waals surface area contributed by atoms with Crippen LogP contribution in [0.4, 0.5) is 8.78 Å². The fraction of sp³-hybridized carbons (Fsp3) is 0.273. The Bertz CT molecular complexity index is 510. The zero-order chi connectivity index (χ0) is 12.3. The van der Waals surface area contributed by atoms with Crippen molar-refractivity contribution in [1.29, 1.82) is 0 Å². The van der Waals surface area contributed by atoms with E-state index < -0.39 is 11.6 Å². The van der Waals surface area contributed by atoms with Gasteiger partial charge in [0.1, 0.15) is 23.8 Å². The van der Waals surface area contributed by atoms with E-state index in [2.05, 4.69) is 15.4 Å². The molecule has 1 aromatic carbocycles. The molecule has 0 radical (unpaired) electrons. The number of benzene rings is 1. The van der Waals surface area contributed by atoms with Gasteiger partial charge in [0, 0.05) is 5.56 Å². The number of hydrogen-bond donors (Lipinski definition) is 1. The van der Waals surface area contributed by atoms with Gasteiger partial charge in [0.05, 0.1) is 13.1 Å². The summed E-state index contributed by atoms with van der Waals surface area (Å²) in [5, 5.41) is 6.91. The third-order valence-electron chi connectivity index (χ3n) is 2.36. The molecular weight excluding hydrogens is 226 g/mol. The molecule has 0 amide bonds. The van der Waals surface area contributed by atoms with Gasteiger partial charge in [0.15, 0.2) is 0 Å². The molecule has 0 unspecified atom stereocenters. The predicted molar refractivity (Wildman–Crippen MR) is 58.2 cm³/mol. The highest BCUT2D eigenvalue weighted by atomic mass is 19.1. The molecule has 0 saturated heterocycles. The van der Waals surface area contributed by atoms with Crippen molar-refractivity contribution in [3.8, 4) is 0 Å². The quantitative estimate of drug-likeness (QED) is 0.873. The molecule has 2 aromatic rings. The Kier molecular flexibility index (Phi) is 3.43. The second kappa shape index (κ2) is 5.01. The second-order valence-corrected chi connectivity index (χ2v) is 3.60. The zero-order valence-corrected chi connectivity index (χ0v) is 9.32. The lowest BCUT2D eigenvalue weighted by molar-refractivity contribution is 0.552. The minimum atomic E-state index is -0.461. The summed E-state index contributed by atoms with van der Waals surface area (Å²) in [6.07, 6.45) is 1.39. The Morgan fingerprint density at radius 2 is 2.18 bits per heavy atom. The van der Waals surface area contributed by atoms with Crippen molar-refractivity contribution in [2.45, 2.75) is 13.1 Å². The number of hydrogen-bond acceptors (Lipinski definition) is 3. The van der Waals surface area contributed by atoms with Crippen LogP contribution in [0, 0.1) is 11.6 Å². The lowest BCUT2D eigenvalue weighted by atomic mass is 10.2. The second-order valence-electron chi connectivity index (χ2n) is 3.60. The van der Waals surface area contributed by atoms with E-state index in [9.17, 15) is 8.78 Å². The van der Waals surface area contributed by atoms with Gasteiger partial charge in [0.2, 0.25) is 0 Å². The Labute approximate surface area is 97.3 Å². The van der Waals surface area contributed by atoms with Crippen molar-refractivity contribution in [3.05, 3.63) is 47.5 Å². The van der Waals surface area contributed by atoms with E-state index in [0.717, 1.165) is 12.1 Å². The highest BCUT2D eigenvalue weighted by Gasteiger charge is 2.08. The van der Waals surface area contributed by atoms with Gasteiger partial charge in [-0.1, -0.05) is 0 Å². The largest absolute Gasteiger partial charge is 0.313 e. The fourth-order valence-electron chi connectivity index (χ4n) is 1.54.